The van der Waals surface area contributed by atoms with Crippen LogP contribution in [0.5, 0.6) is 5.75 Å². The molecule has 0 aromatic heterocycles. The fourth-order valence-corrected chi connectivity index (χ4v) is 1.13. The van der Waals surface area contributed by atoms with Gasteiger partial charge in [-0.3, -0.25) is 0 Å². The van der Waals surface area contributed by atoms with E-state index in [-0.39, 0.29) is 0 Å². The molecule has 59 valence electrons. The van der Waals surface area contributed by atoms with E-state index in [0.29, 0.717) is 17.3 Å². The van der Waals surface area contributed by atoms with Gasteiger partial charge in [-0.15, -0.1) is 0 Å². The maximum atomic E-state index is 5.81. The lowest BCUT2D eigenvalue weighted by Crippen LogP contribution is -1.99. The van der Waals surface area contributed by atoms with Crippen LogP contribution in [0.4, 0.5) is 0 Å². The van der Waals surface area contributed by atoms with E-state index in [0.717, 1.165) is 5.56 Å². The smallest absolute Gasteiger partial charge is 0.142 e. The summed E-state index contributed by atoms with van der Waals surface area (Å²) < 4.78 is 5.02. The second-order valence-corrected chi connectivity index (χ2v) is 2.45. The molecule has 0 fully saturated rings. The average Bonchev–Trinajstić information content (AvgIpc) is 2.04. The number of methoxy groups -OCH3 is 1. The standard InChI is InChI=1S/C8H9ClNO/c1-11-8-6(5-10)3-2-4-7(8)9/h2,4H,5,10H2,1H3. The van der Waals surface area contributed by atoms with Crippen LogP contribution in [0.3, 0.4) is 0 Å². The van der Waals surface area contributed by atoms with E-state index < -0.39 is 0 Å². The van der Waals surface area contributed by atoms with Crippen molar-refractivity contribution in [1.82, 2.24) is 0 Å². The lowest BCUT2D eigenvalue weighted by atomic mass is 10.2. The van der Waals surface area contributed by atoms with Gasteiger partial charge in [0.15, 0.2) is 0 Å². The van der Waals surface area contributed by atoms with Gasteiger partial charge in [-0.1, -0.05) is 17.7 Å². The van der Waals surface area contributed by atoms with Gasteiger partial charge in [-0.05, 0) is 12.1 Å². The van der Waals surface area contributed by atoms with E-state index in [9.17, 15) is 0 Å². The van der Waals surface area contributed by atoms with Crippen LogP contribution in [0.25, 0.3) is 0 Å². The molecule has 0 bridgehead atoms. The summed E-state index contributed by atoms with van der Waals surface area (Å²) in [6.07, 6.45) is 0. The maximum absolute atomic E-state index is 5.81. The number of hydrogen-bond acceptors (Lipinski definition) is 2. The molecule has 1 rings (SSSR count). The first-order chi connectivity index (χ1) is 5.29. The number of ether oxygens (including phenoxy) is 1. The topological polar surface area (TPSA) is 35.2 Å². The molecular formula is C8H9ClNO. The molecule has 0 unspecified atom stereocenters. The van der Waals surface area contributed by atoms with Crippen molar-refractivity contribution in [1.29, 1.82) is 0 Å². The number of nitrogens with two attached hydrogens (primary N) is 1. The van der Waals surface area contributed by atoms with Crippen molar-refractivity contribution < 1.29 is 4.74 Å². The van der Waals surface area contributed by atoms with E-state index in [1.807, 2.05) is 0 Å². The highest BCUT2D eigenvalue weighted by Crippen LogP contribution is 2.27. The Morgan fingerprint density at radius 2 is 2.45 bits per heavy atom. The molecule has 1 radical (unpaired) electrons. The molecule has 0 amide bonds. The van der Waals surface area contributed by atoms with Gasteiger partial charge in [0.05, 0.1) is 12.1 Å². The van der Waals surface area contributed by atoms with Crippen molar-refractivity contribution in [2.24, 2.45) is 5.73 Å². The fourth-order valence-electron chi connectivity index (χ4n) is 0.873. The number of rotatable bonds is 2. The summed E-state index contributed by atoms with van der Waals surface area (Å²) in [4.78, 5) is 0. The van der Waals surface area contributed by atoms with Gasteiger partial charge in [0.1, 0.15) is 5.75 Å². The molecule has 3 heteroatoms. The average molecular weight is 171 g/mol. The third-order valence-electron chi connectivity index (χ3n) is 1.39. The minimum Gasteiger partial charge on any atom is -0.495 e. The van der Waals surface area contributed by atoms with Crippen LogP contribution in [0.2, 0.25) is 5.02 Å². The van der Waals surface area contributed by atoms with E-state index in [1.54, 1.807) is 19.2 Å². The van der Waals surface area contributed by atoms with Crippen LogP contribution in [0, 0.1) is 6.07 Å². The summed E-state index contributed by atoms with van der Waals surface area (Å²) in [6.45, 7) is 0.393. The molecule has 11 heavy (non-hydrogen) atoms. The first-order valence-electron chi connectivity index (χ1n) is 3.22. The number of benzene rings is 1. The molecule has 0 aliphatic heterocycles. The van der Waals surface area contributed by atoms with Crippen molar-refractivity contribution >= 4 is 11.6 Å². The van der Waals surface area contributed by atoms with Crippen LogP contribution in [0.1, 0.15) is 5.56 Å². The van der Waals surface area contributed by atoms with Crippen LogP contribution in [0.15, 0.2) is 12.1 Å². The highest BCUT2D eigenvalue weighted by atomic mass is 35.5. The van der Waals surface area contributed by atoms with Gasteiger partial charge in [0.2, 0.25) is 0 Å². The molecule has 1 aromatic rings. The summed E-state index contributed by atoms with van der Waals surface area (Å²) in [7, 11) is 1.56. The van der Waals surface area contributed by atoms with E-state index >= 15 is 0 Å². The van der Waals surface area contributed by atoms with Crippen LogP contribution in [-0.2, 0) is 6.54 Å². The molecule has 0 spiro atoms. The lowest BCUT2D eigenvalue weighted by molar-refractivity contribution is 0.410. The van der Waals surface area contributed by atoms with Gasteiger partial charge in [0.25, 0.3) is 0 Å². The summed E-state index contributed by atoms with van der Waals surface area (Å²) in [5.74, 6) is 0.622. The first kappa shape index (κ1) is 8.37. The Hall–Kier alpha value is -0.730. The molecule has 0 heterocycles. The molecule has 2 N–H and O–H groups in total. The highest BCUT2D eigenvalue weighted by molar-refractivity contribution is 6.32. The summed E-state index contributed by atoms with van der Waals surface area (Å²) >= 11 is 5.81. The van der Waals surface area contributed by atoms with Gasteiger partial charge >= 0.3 is 0 Å². The first-order valence-corrected chi connectivity index (χ1v) is 3.60. The second-order valence-electron chi connectivity index (χ2n) is 2.04. The summed E-state index contributed by atoms with van der Waals surface area (Å²) in [5, 5.41) is 0.576. The third-order valence-corrected chi connectivity index (χ3v) is 1.68. The van der Waals surface area contributed by atoms with E-state index in [1.165, 1.54) is 0 Å². The van der Waals surface area contributed by atoms with Gasteiger partial charge in [-0.25, -0.2) is 0 Å². The second kappa shape index (κ2) is 3.60. The minimum atomic E-state index is 0.393. The Labute approximate surface area is 70.9 Å². The van der Waals surface area contributed by atoms with Gasteiger partial charge < -0.3 is 10.5 Å². The molecule has 0 aliphatic carbocycles. The van der Waals surface area contributed by atoms with Gasteiger partial charge in [0, 0.05) is 12.1 Å². The largest absolute Gasteiger partial charge is 0.495 e. The van der Waals surface area contributed by atoms with Crippen LogP contribution < -0.4 is 10.5 Å². The Bertz CT molecular complexity index is 250. The summed E-state index contributed by atoms with van der Waals surface area (Å²) in [6, 6.07) is 6.39. The van der Waals surface area contributed by atoms with E-state index in [4.69, 9.17) is 22.1 Å². The van der Waals surface area contributed by atoms with Crippen LogP contribution >= 0.6 is 11.6 Å². The van der Waals surface area contributed by atoms with Gasteiger partial charge in [-0.2, -0.15) is 0 Å². The molecule has 0 saturated carbocycles. The zero-order valence-corrected chi connectivity index (χ0v) is 6.98. The normalized spacial score (nSPS) is 9.73. The molecule has 0 atom stereocenters. The number of halogens is 1. The molecular weight excluding hydrogens is 162 g/mol. The zero-order valence-electron chi connectivity index (χ0n) is 6.23. The molecule has 2 nitrogen and oxygen atoms in total. The maximum Gasteiger partial charge on any atom is 0.142 e. The predicted molar refractivity (Wildman–Crippen MR) is 44.7 cm³/mol. The highest BCUT2D eigenvalue weighted by Gasteiger charge is 2.04. The quantitative estimate of drug-likeness (QED) is 0.732. The Morgan fingerprint density at radius 3 is 2.91 bits per heavy atom. The molecule has 1 aromatic carbocycles. The molecule has 0 aliphatic rings. The lowest BCUT2D eigenvalue weighted by Gasteiger charge is -2.06. The SMILES string of the molecule is COc1c(CN)[c]ccc1Cl. The predicted octanol–water partition coefficient (Wildman–Crippen LogP) is 1.61. The van der Waals surface area contributed by atoms with Crippen molar-refractivity contribution in [2.75, 3.05) is 7.11 Å². The van der Waals surface area contributed by atoms with Crippen LogP contribution in [-0.4, -0.2) is 7.11 Å². The Morgan fingerprint density at radius 1 is 1.73 bits per heavy atom. The summed E-state index contributed by atoms with van der Waals surface area (Å²) in [5.41, 5.74) is 6.23. The van der Waals surface area contributed by atoms with Crippen molar-refractivity contribution in [2.45, 2.75) is 6.54 Å². The zero-order chi connectivity index (χ0) is 8.27. The van der Waals surface area contributed by atoms with E-state index in [2.05, 4.69) is 6.07 Å². The molecule has 0 saturated heterocycles. The fraction of sp³-hybridized carbons (Fsp3) is 0.250. The Kier molecular flexibility index (Phi) is 2.74. The van der Waals surface area contributed by atoms with Crippen molar-refractivity contribution in [3.8, 4) is 5.75 Å². The van der Waals surface area contributed by atoms with Crippen molar-refractivity contribution in [3.05, 3.63) is 28.8 Å². The monoisotopic (exact) mass is 170 g/mol. The Balaban J connectivity index is 3.13. The van der Waals surface area contributed by atoms with Crippen molar-refractivity contribution in [3.63, 3.8) is 0 Å². The number of hydrogen-bond donors (Lipinski definition) is 1. The minimum absolute atomic E-state index is 0.393. The third kappa shape index (κ3) is 1.64.